The Morgan fingerprint density at radius 2 is 1.85 bits per heavy atom. The Hall–Kier alpha value is -0.0400. The Balaban J connectivity index is 0.000000671. The first-order chi connectivity index (χ1) is 6.02. The minimum Gasteiger partial charge on any atom is -0.306 e. The van der Waals surface area contributed by atoms with E-state index in [1.54, 1.807) is 0 Å². The number of likely N-dealkylation sites (tertiary alicyclic amines) is 1. The molecule has 1 heteroatoms. The molecule has 1 fully saturated rings. The molecule has 1 unspecified atom stereocenters. The minimum atomic E-state index is 0.614. The van der Waals surface area contributed by atoms with Gasteiger partial charge in [-0.15, -0.1) is 0 Å². The lowest BCUT2D eigenvalue weighted by atomic mass is 9.81. The smallest absolute Gasteiger partial charge is 0.00329 e. The molecular weight excluding hydrogens is 158 g/mol. The van der Waals surface area contributed by atoms with Crippen LogP contribution in [0.5, 0.6) is 0 Å². The molecule has 13 heavy (non-hydrogen) atoms. The van der Waals surface area contributed by atoms with Crippen molar-refractivity contribution in [1.82, 2.24) is 4.90 Å². The molecule has 0 aromatic carbocycles. The summed E-state index contributed by atoms with van der Waals surface area (Å²) in [6.07, 6.45) is 2.78. The molecule has 1 nitrogen and oxygen atoms in total. The molecule has 0 amide bonds. The van der Waals surface area contributed by atoms with Crippen LogP contribution in [-0.4, -0.2) is 25.0 Å². The van der Waals surface area contributed by atoms with Crippen LogP contribution in [0.2, 0.25) is 0 Å². The van der Waals surface area contributed by atoms with Crippen molar-refractivity contribution in [2.24, 2.45) is 11.3 Å². The zero-order valence-electron chi connectivity index (χ0n) is 10.4. The summed E-state index contributed by atoms with van der Waals surface area (Å²) in [5, 5.41) is 0. The van der Waals surface area contributed by atoms with Crippen molar-refractivity contribution in [3.8, 4) is 0 Å². The van der Waals surface area contributed by atoms with Crippen LogP contribution in [0.15, 0.2) is 0 Å². The summed E-state index contributed by atoms with van der Waals surface area (Å²) < 4.78 is 0. The number of hydrogen-bond donors (Lipinski definition) is 0. The van der Waals surface area contributed by atoms with Gasteiger partial charge in [-0.2, -0.15) is 0 Å². The molecule has 1 rings (SSSR count). The highest BCUT2D eigenvalue weighted by Crippen LogP contribution is 2.35. The Bertz CT molecular complexity index is 131. The van der Waals surface area contributed by atoms with Crippen LogP contribution >= 0.6 is 0 Å². The lowest BCUT2D eigenvalue weighted by Gasteiger charge is -2.25. The highest BCUT2D eigenvalue weighted by atomic mass is 15.1. The van der Waals surface area contributed by atoms with Crippen LogP contribution < -0.4 is 0 Å². The van der Waals surface area contributed by atoms with E-state index in [4.69, 9.17) is 0 Å². The van der Waals surface area contributed by atoms with Crippen LogP contribution in [0.25, 0.3) is 0 Å². The molecule has 0 aliphatic carbocycles. The molecule has 0 aromatic rings. The minimum absolute atomic E-state index is 0.614. The number of rotatable bonds is 2. The van der Waals surface area contributed by atoms with Gasteiger partial charge >= 0.3 is 0 Å². The van der Waals surface area contributed by atoms with Crippen molar-refractivity contribution in [3.05, 3.63) is 0 Å². The van der Waals surface area contributed by atoms with E-state index in [2.05, 4.69) is 32.7 Å². The van der Waals surface area contributed by atoms with Gasteiger partial charge in [0.1, 0.15) is 0 Å². The van der Waals surface area contributed by atoms with E-state index in [0.717, 1.165) is 5.92 Å². The summed E-state index contributed by atoms with van der Waals surface area (Å²) in [5.41, 5.74) is 0.614. The third-order valence-corrected chi connectivity index (χ3v) is 2.65. The summed E-state index contributed by atoms with van der Waals surface area (Å²) in [6.45, 7) is 13.7. The molecule has 0 spiro atoms. The van der Waals surface area contributed by atoms with E-state index < -0.39 is 0 Å². The second kappa shape index (κ2) is 5.64. The van der Waals surface area contributed by atoms with Crippen LogP contribution in [0.4, 0.5) is 0 Å². The molecule has 80 valence electrons. The van der Waals surface area contributed by atoms with Gasteiger partial charge in [-0.1, -0.05) is 34.6 Å². The van der Waals surface area contributed by atoms with E-state index in [1.807, 2.05) is 13.8 Å². The Labute approximate surface area is 84.5 Å². The molecule has 0 saturated carbocycles. The fourth-order valence-electron chi connectivity index (χ4n) is 2.42. The van der Waals surface area contributed by atoms with Crippen molar-refractivity contribution in [1.29, 1.82) is 0 Å². The Kier molecular flexibility index (Phi) is 5.62. The molecule has 0 bridgehead atoms. The van der Waals surface area contributed by atoms with Gasteiger partial charge in [0.05, 0.1) is 0 Å². The maximum Gasteiger partial charge on any atom is 0.00329 e. The van der Waals surface area contributed by atoms with Crippen LogP contribution in [0, 0.1) is 11.3 Å². The first-order valence-electron chi connectivity index (χ1n) is 5.70. The molecule has 0 aromatic heterocycles. The molecule has 0 N–H and O–H groups in total. The molecule has 1 aliphatic heterocycles. The quantitative estimate of drug-likeness (QED) is 0.637. The van der Waals surface area contributed by atoms with E-state index in [1.165, 1.54) is 25.9 Å². The summed E-state index contributed by atoms with van der Waals surface area (Å²) in [6, 6.07) is 0. The van der Waals surface area contributed by atoms with Gasteiger partial charge in [-0.25, -0.2) is 0 Å². The number of nitrogens with zero attached hydrogens (tertiary/aromatic N) is 1. The van der Waals surface area contributed by atoms with Crippen LogP contribution in [0.1, 0.15) is 47.5 Å². The van der Waals surface area contributed by atoms with Crippen LogP contribution in [-0.2, 0) is 0 Å². The fraction of sp³-hybridized carbons (Fsp3) is 1.00. The normalized spacial score (nSPS) is 28.8. The monoisotopic (exact) mass is 185 g/mol. The SMILES string of the molecule is CC.CC(C)CC1(C)CCN(C)C1. The van der Waals surface area contributed by atoms with E-state index in [-0.39, 0.29) is 0 Å². The van der Waals surface area contributed by atoms with Crippen LogP contribution in [0.3, 0.4) is 0 Å². The molecule has 1 atom stereocenters. The van der Waals surface area contributed by atoms with Gasteiger partial charge in [0.15, 0.2) is 0 Å². The maximum absolute atomic E-state index is 2.45. The van der Waals surface area contributed by atoms with Gasteiger partial charge in [0.25, 0.3) is 0 Å². The summed E-state index contributed by atoms with van der Waals surface area (Å²) in [5.74, 6) is 0.853. The zero-order valence-corrected chi connectivity index (χ0v) is 10.4. The van der Waals surface area contributed by atoms with Gasteiger partial charge < -0.3 is 4.90 Å². The third-order valence-electron chi connectivity index (χ3n) is 2.65. The predicted octanol–water partition coefficient (Wildman–Crippen LogP) is 3.40. The van der Waals surface area contributed by atoms with Gasteiger partial charge in [0.2, 0.25) is 0 Å². The second-order valence-corrected chi connectivity index (χ2v) is 4.90. The van der Waals surface area contributed by atoms with Gasteiger partial charge in [0, 0.05) is 6.54 Å². The maximum atomic E-state index is 2.45. The molecule has 0 radical (unpaired) electrons. The molecule has 1 aliphatic rings. The fourth-order valence-corrected chi connectivity index (χ4v) is 2.42. The molecular formula is C12H27N. The lowest BCUT2D eigenvalue weighted by molar-refractivity contribution is 0.256. The van der Waals surface area contributed by atoms with Crippen molar-refractivity contribution >= 4 is 0 Å². The first-order valence-corrected chi connectivity index (χ1v) is 5.70. The summed E-state index contributed by atoms with van der Waals surface area (Å²) in [7, 11) is 2.23. The largest absolute Gasteiger partial charge is 0.306 e. The van der Waals surface area contributed by atoms with Crippen molar-refractivity contribution in [3.63, 3.8) is 0 Å². The van der Waals surface area contributed by atoms with Crippen molar-refractivity contribution < 1.29 is 0 Å². The van der Waals surface area contributed by atoms with E-state index in [0.29, 0.717) is 5.41 Å². The number of hydrogen-bond acceptors (Lipinski definition) is 1. The highest BCUT2D eigenvalue weighted by Gasteiger charge is 2.31. The molecule has 1 saturated heterocycles. The van der Waals surface area contributed by atoms with Gasteiger partial charge in [-0.05, 0) is 37.8 Å². The topological polar surface area (TPSA) is 3.24 Å². The van der Waals surface area contributed by atoms with Crippen molar-refractivity contribution in [2.45, 2.75) is 47.5 Å². The molecule has 1 heterocycles. The zero-order chi connectivity index (χ0) is 10.5. The predicted molar refractivity (Wildman–Crippen MR) is 61.0 cm³/mol. The second-order valence-electron chi connectivity index (χ2n) is 4.90. The van der Waals surface area contributed by atoms with E-state index in [9.17, 15) is 0 Å². The van der Waals surface area contributed by atoms with Crippen molar-refractivity contribution in [2.75, 3.05) is 20.1 Å². The summed E-state index contributed by atoms with van der Waals surface area (Å²) >= 11 is 0. The Morgan fingerprint density at radius 1 is 1.31 bits per heavy atom. The standard InChI is InChI=1S/C10H21N.C2H6/c1-9(2)7-10(3)5-6-11(4)8-10;1-2/h9H,5-8H2,1-4H3;1-2H3. The lowest BCUT2D eigenvalue weighted by Crippen LogP contribution is -2.23. The van der Waals surface area contributed by atoms with Gasteiger partial charge in [-0.3, -0.25) is 0 Å². The summed E-state index contributed by atoms with van der Waals surface area (Å²) in [4.78, 5) is 2.45. The third kappa shape index (κ3) is 4.66. The Morgan fingerprint density at radius 3 is 2.15 bits per heavy atom. The van der Waals surface area contributed by atoms with E-state index >= 15 is 0 Å². The highest BCUT2D eigenvalue weighted by molar-refractivity contribution is 4.85. The average Bonchev–Trinajstić information content (AvgIpc) is 2.33. The average molecular weight is 185 g/mol. The first kappa shape index (κ1) is 13.0.